The van der Waals surface area contributed by atoms with Gasteiger partial charge in [0, 0.05) is 49.0 Å². The summed E-state index contributed by atoms with van der Waals surface area (Å²) in [6.07, 6.45) is 9.81. The summed E-state index contributed by atoms with van der Waals surface area (Å²) in [6.45, 7) is 1.99. The zero-order chi connectivity index (χ0) is 17.7. The molecule has 142 valence electrons. The predicted octanol–water partition coefficient (Wildman–Crippen LogP) is 3.47. The summed E-state index contributed by atoms with van der Waals surface area (Å²) >= 11 is 0. The topological polar surface area (TPSA) is 60.0 Å². The van der Waals surface area contributed by atoms with Gasteiger partial charge in [-0.15, -0.1) is 12.4 Å². The molecule has 0 bridgehead atoms. The van der Waals surface area contributed by atoms with Crippen molar-refractivity contribution in [2.75, 3.05) is 18.0 Å². The molecular weight excluding hydrogens is 358 g/mol. The van der Waals surface area contributed by atoms with Crippen LogP contribution >= 0.6 is 12.4 Å². The second-order valence-corrected chi connectivity index (χ2v) is 7.72. The lowest BCUT2D eigenvalue weighted by Gasteiger charge is -2.28. The molecule has 2 N–H and O–H groups in total. The highest BCUT2D eigenvalue weighted by molar-refractivity contribution is 5.97. The molecule has 0 amide bonds. The average molecular weight is 384 g/mol. The Morgan fingerprint density at radius 3 is 2.74 bits per heavy atom. The van der Waals surface area contributed by atoms with Crippen LogP contribution in [-0.4, -0.2) is 33.9 Å². The zero-order valence-corrected chi connectivity index (χ0v) is 16.5. The number of hydrogen-bond donors (Lipinski definition) is 1. The molecule has 1 unspecified atom stereocenters. The molecule has 2 aromatic heterocycles. The quantitative estimate of drug-likeness (QED) is 0.736. The van der Waals surface area contributed by atoms with Crippen LogP contribution in [0.1, 0.15) is 30.5 Å². The van der Waals surface area contributed by atoms with Gasteiger partial charge in [-0.2, -0.15) is 5.10 Å². The molecule has 5 rings (SSSR count). The Balaban J connectivity index is 0.00000180. The molecular formula is C21H26ClN5. The van der Waals surface area contributed by atoms with E-state index in [1.54, 1.807) is 0 Å². The summed E-state index contributed by atoms with van der Waals surface area (Å²) in [6, 6.07) is 6.92. The highest BCUT2D eigenvalue weighted by Gasteiger charge is 2.26. The number of pyridine rings is 1. The fourth-order valence-electron chi connectivity index (χ4n) is 4.50. The van der Waals surface area contributed by atoms with Crippen molar-refractivity contribution >= 4 is 29.0 Å². The first-order chi connectivity index (χ1) is 12.7. The molecule has 1 aliphatic carbocycles. The van der Waals surface area contributed by atoms with E-state index < -0.39 is 0 Å². The standard InChI is InChI=1S/C21H25N5.ClH/c1-25-12-15(11-23-25)14-6-7-20-18(10-14)21(26-9-8-16(22)13-26)17-4-2-3-5-19(17)24-20;/h6-7,10-12,16H,2-5,8-9,13,22H2,1H3;1H. The maximum atomic E-state index is 6.24. The van der Waals surface area contributed by atoms with E-state index >= 15 is 0 Å². The molecule has 1 saturated heterocycles. The van der Waals surface area contributed by atoms with Gasteiger partial charge in [-0.25, -0.2) is 0 Å². The molecule has 3 heterocycles. The van der Waals surface area contributed by atoms with E-state index in [9.17, 15) is 0 Å². The second-order valence-electron chi connectivity index (χ2n) is 7.72. The van der Waals surface area contributed by atoms with Gasteiger partial charge in [-0.05, 0) is 55.4 Å². The van der Waals surface area contributed by atoms with Crippen molar-refractivity contribution in [1.29, 1.82) is 0 Å². The number of halogens is 1. The number of aromatic nitrogens is 3. The summed E-state index contributed by atoms with van der Waals surface area (Å²) in [4.78, 5) is 7.53. The number of nitrogens with two attached hydrogens (primary N) is 1. The number of rotatable bonds is 2. The highest BCUT2D eigenvalue weighted by atomic mass is 35.5. The maximum Gasteiger partial charge on any atom is 0.0726 e. The summed E-state index contributed by atoms with van der Waals surface area (Å²) in [5, 5.41) is 5.59. The summed E-state index contributed by atoms with van der Waals surface area (Å²) < 4.78 is 1.85. The normalized spacial score (nSPS) is 19.2. The molecule has 0 saturated carbocycles. The lowest BCUT2D eigenvalue weighted by molar-refractivity contribution is 0.668. The van der Waals surface area contributed by atoms with Crippen molar-refractivity contribution in [3.8, 4) is 11.1 Å². The van der Waals surface area contributed by atoms with Crippen molar-refractivity contribution in [3.63, 3.8) is 0 Å². The molecule has 0 radical (unpaired) electrons. The van der Waals surface area contributed by atoms with E-state index in [1.165, 1.54) is 40.7 Å². The molecule has 1 aliphatic heterocycles. The Hall–Kier alpha value is -2.11. The van der Waals surface area contributed by atoms with Gasteiger partial charge >= 0.3 is 0 Å². The smallest absolute Gasteiger partial charge is 0.0726 e. The van der Waals surface area contributed by atoms with Crippen molar-refractivity contribution in [2.45, 2.75) is 38.1 Å². The number of hydrogen-bond acceptors (Lipinski definition) is 4. The SMILES string of the molecule is Cl.Cn1cc(-c2ccc3nc4c(c(N5CCC(N)C5)c3c2)CCCC4)cn1. The Morgan fingerprint density at radius 1 is 1.15 bits per heavy atom. The van der Waals surface area contributed by atoms with Crippen LogP contribution in [0.3, 0.4) is 0 Å². The second kappa shape index (κ2) is 7.13. The van der Waals surface area contributed by atoms with Gasteiger partial charge in [-0.3, -0.25) is 9.67 Å². The number of benzene rings is 1. The molecule has 1 atom stereocenters. The van der Waals surface area contributed by atoms with E-state index in [-0.39, 0.29) is 18.4 Å². The fourth-order valence-corrected chi connectivity index (χ4v) is 4.50. The number of aryl methyl sites for hydroxylation is 2. The number of anilines is 1. The van der Waals surface area contributed by atoms with Crippen molar-refractivity contribution in [3.05, 3.63) is 41.9 Å². The molecule has 1 fully saturated rings. The summed E-state index contributed by atoms with van der Waals surface area (Å²) in [5.41, 5.74) is 13.8. The molecule has 2 aliphatic rings. The Morgan fingerprint density at radius 2 is 2.00 bits per heavy atom. The van der Waals surface area contributed by atoms with E-state index in [0.29, 0.717) is 0 Å². The third kappa shape index (κ3) is 3.19. The van der Waals surface area contributed by atoms with Gasteiger partial charge in [0.25, 0.3) is 0 Å². The first-order valence-corrected chi connectivity index (χ1v) is 9.64. The zero-order valence-electron chi connectivity index (χ0n) is 15.7. The maximum absolute atomic E-state index is 6.24. The van der Waals surface area contributed by atoms with Crippen molar-refractivity contribution in [1.82, 2.24) is 14.8 Å². The van der Waals surface area contributed by atoms with Crippen molar-refractivity contribution in [2.24, 2.45) is 12.8 Å². The van der Waals surface area contributed by atoms with Crippen LogP contribution in [0.25, 0.3) is 22.0 Å². The van der Waals surface area contributed by atoms with E-state index in [2.05, 4.69) is 34.4 Å². The molecule has 0 spiro atoms. The Labute approximate surface area is 166 Å². The fraction of sp³-hybridized carbons (Fsp3) is 0.429. The monoisotopic (exact) mass is 383 g/mol. The molecule has 27 heavy (non-hydrogen) atoms. The molecule has 1 aromatic carbocycles. The summed E-state index contributed by atoms with van der Waals surface area (Å²) in [7, 11) is 1.96. The molecule has 5 nitrogen and oxygen atoms in total. The predicted molar refractivity (Wildman–Crippen MR) is 113 cm³/mol. The first kappa shape index (κ1) is 18.3. The Kier molecular flexibility index (Phi) is 4.82. The molecule has 3 aromatic rings. The lowest BCUT2D eigenvalue weighted by Crippen LogP contribution is -2.28. The van der Waals surface area contributed by atoms with Crippen LogP contribution in [0, 0.1) is 0 Å². The lowest BCUT2D eigenvalue weighted by atomic mass is 9.91. The largest absolute Gasteiger partial charge is 0.369 e. The third-order valence-electron chi connectivity index (χ3n) is 5.81. The third-order valence-corrected chi connectivity index (χ3v) is 5.81. The molecule has 6 heteroatoms. The van der Waals surface area contributed by atoms with Crippen LogP contribution < -0.4 is 10.6 Å². The van der Waals surface area contributed by atoms with E-state index in [1.807, 2.05) is 17.9 Å². The average Bonchev–Trinajstić information content (AvgIpc) is 3.27. The Bertz CT molecular complexity index is 980. The van der Waals surface area contributed by atoms with Gasteiger partial charge < -0.3 is 10.6 Å². The van der Waals surface area contributed by atoms with E-state index in [4.69, 9.17) is 10.7 Å². The summed E-state index contributed by atoms with van der Waals surface area (Å²) in [5.74, 6) is 0. The highest BCUT2D eigenvalue weighted by Crippen LogP contribution is 2.38. The van der Waals surface area contributed by atoms with Gasteiger partial charge in [0.2, 0.25) is 0 Å². The number of nitrogens with zero attached hydrogens (tertiary/aromatic N) is 4. The van der Waals surface area contributed by atoms with Crippen molar-refractivity contribution < 1.29 is 0 Å². The number of fused-ring (bicyclic) bond motifs is 2. The van der Waals surface area contributed by atoms with Crippen LogP contribution in [-0.2, 0) is 19.9 Å². The van der Waals surface area contributed by atoms with Crippen LogP contribution in [0.4, 0.5) is 5.69 Å². The minimum Gasteiger partial charge on any atom is -0.369 e. The van der Waals surface area contributed by atoms with Crippen LogP contribution in [0.2, 0.25) is 0 Å². The van der Waals surface area contributed by atoms with Crippen LogP contribution in [0.15, 0.2) is 30.6 Å². The van der Waals surface area contributed by atoms with Gasteiger partial charge in [0.1, 0.15) is 0 Å². The van der Waals surface area contributed by atoms with Crippen LogP contribution in [0.5, 0.6) is 0 Å². The minimum atomic E-state index is 0. The van der Waals surface area contributed by atoms with E-state index in [0.717, 1.165) is 43.4 Å². The minimum absolute atomic E-state index is 0. The van der Waals surface area contributed by atoms with Gasteiger partial charge in [-0.1, -0.05) is 6.07 Å². The van der Waals surface area contributed by atoms with Gasteiger partial charge in [0.05, 0.1) is 17.4 Å². The van der Waals surface area contributed by atoms with Gasteiger partial charge in [0.15, 0.2) is 0 Å². The first-order valence-electron chi connectivity index (χ1n) is 9.64.